The van der Waals surface area contributed by atoms with Crippen molar-refractivity contribution in [2.45, 2.75) is 31.8 Å². The largest absolute Gasteiger partial charge is 0.473 e. The van der Waals surface area contributed by atoms with Gasteiger partial charge in [-0.05, 0) is 31.7 Å². The quantitative estimate of drug-likeness (QED) is 0.872. The Balaban J connectivity index is 2.16. The molecule has 0 unspecified atom stereocenters. The van der Waals surface area contributed by atoms with Crippen molar-refractivity contribution < 1.29 is 4.74 Å². The van der Waals surface area contributed by atoms with E-state index >= 15 is 0 Å². The molecule has 15 heavy (non-hydrogen) atoms. The van der Waals surface area contributed by atoms with Crippen molar-refractivity contribution in [3.05, 3.63) is 16.1 Å². The predicted molar refractivity (Wildman–Crippen MR) is 61.6 cm³/mol. The van der Waals surface area contributed by atoms with Crippen LogP contribution in [0.15, 0.2) is 6.07 Å². The third kappa shape index (κ3) is 2.47. The first-order chi connectivity index (χ1) is 7.16. The molecule has 0 bridgehead atoms. The summed E-state index contributed by atoms with van der Waals surface area (Å²) < 4.78 is 5.66. The van der Waals surface area contributed by atoms with Gasteiger partial charge in [0, 0.05) is 0 Å². The predicted octanol–water partition coefficient (Wildman–Crippen LogP) is 3.29. The molecule has 0 aromatic carbocycles. The number of pyridine rings is 1. The highest BCUT2D eigenvalue weighted by atomic mass is 35.5. The summed E-state index contributed by atoms with van der Waals surface area (Å²) in [6.07, 6.45) is 4.73. The summed E-state index contributed by atoms with van der Waals surface area (Å²) >= 11 is 11.7. The Morgan fingerprint density at radius 2 is 1.93 bits per heavy atom. The van der Waals surface area contributed by atoms with E-state index in [9.17, 15) is 0 Å². The molecule has 1 aromatic heterocycles. The van der Waals surface area contributed by atoms with E-state index in [-0.39, 0.29) is 11.9 Å². The fourth-order valence-electron chi connectivity index (χ4n) is 1.71. The molecular formula is C10H12Cl2N2O. The van der Waals surface area contributed by atoms with Gasteiger partial charge >= 0.3 is 0 Å². The number of rotatable bonds is 2. The van der Waals surface area contributed by atoms with Crippen molar-refractivity contribution >= 4 is 29.0 Å². The van der Waals surface area contributed by atoms with Gasteiger partial charge in [0.15, 0.2) is 0 Å². The van der Waals surface area contributed by atoms with Crippen molar-refractivity contribution in [1.82, 2.24) is 4.98 Å². The zero-order valence-corrected chi connectivity index (χ0v) is 9.68. The van der Waals surface area contributed by atoms with Crippen LogP contribution in [0.4, 0.5) is 5.82 Å². The van der Waals surface area contributed by atoms with Gasteiger partial charge in [-0.3, -0.25) is 0 Å². The average molecular weight is 247 g/mol. The van der Waals surface area contributed by atoms with E-state index in [0.29, 0.717) is 15.9 Å². The minimum absolute atomic E-state index is 0.218. The fourth-order valence-corrected chi connectivity index (χ4v) is 2.11. The molecule has 0 saturated heterocycles. The van der Waals surface area contributed by atoms with Gasteiger partial charge in [0.25, 0.3) is 0 Å². The molecule has 0 aliphatic heterocycles. The van der Waals surface area contributed by atoms with Crippen LogP contribution < -0.4 is 10.5 Å². The lowest BCUT2D eigenvalue weighted by Gasteiger charge is -2.13. The van der Waals surface area contributed by atoms with Crippen LogP contribution in [-0.4, -0.2) is 11.1 Å². The minimum Gasteiger partial charge on any atom is -0.473 e. The molecule has 1 aliphatic carbocycles. The highest BCUT2D eigenvalue weighted by molar-refractivity contribution is 6.36. The number of ether oxygens (including phenoxy) is 1. The monoisotopic (exact) mass is 246 g/mol. The molecule has 1 fully saturated rings. The van der Waals surface area contributed by atoms with E-state index in [1.807, 2.05) is 0 Å². The molecule has 1 aliphatic rings. The molecule has 2 rings (SSSR count). The van der Waals surface area contributed by atoms with Gasteiger partial charge < -0.3 is 10.5 Å². The van der Waals surface area contributed by atoms with E-state index in [2.05, 4.69) is 4.98 Å². The maximum atomic E-state index is 5.95. The van der Waals surface area contributed by atoms with E-state index in [1.165, 1.54) is 12.8 Å². The summed E-state index contributed by atoms with van der Waals surface area (Å²) in [5, 5.41) is 0.778. The topological polar surface area (TPSA) is 48.1 Å². The van der Waals surface area contributed by atoms with E-state index in [1.54, 1.807) is 6.07 Å². The number of halogens is 2. The Hall–Kier alpha value is -0.670. The maximum Gasteiger partial charge on any atom is 0.234 e. The Bertz CT molecular complexity index is 365. The zero-order valence-electron chi connectivity index (χ0n) is 8.17. The molecule has 1 aromatic rings. The molecule has 0 radical (unpaired) electrons. The molecule has 2 N–H and O–H groups in total. The lowest BCUT2D eigenvalue weighted by atomic mass is 10.3. The van der Waals surface area contributed by atoms with Crippen LogP contribution in [0.1, 0.15) is 25.7 Å². The lowest BCUT2D eigenvalue weighted by Crippen LogP contribution is -2.12. The Morgan fingerprint density at radius 3 is 2.60 bits per heavy atom. The number of anilines is 1. The van der Waals surface area contributed by atoms with Gasteiger partial charge in [-0.15, -0.1) is 0 Å². The first-order valence-electron chi connectivity index (χ1n) is 4.95. The average Bonchev–Trinajstić information content (AvgIpc) is 2.67. The second kappa shape index (κ2) is 4.45. The van der Waals surface area contributed by atoms with Gasteiger partial charge in [0.2, 0.25) is 5.88 Å². The SMILES string of the molecule is Nc1nc(OC2CCCC2)c(Cl)cc1Cl. The Kier molecular flexibility index (Phi) is 3.22. The van der Waals surface area contributed by atoms with Crippen LogP contribution in [0.3, 0.4) is 0 Å². The van der Waals surface area contributed by atoms with Crippen molar-refractivity contribution in [1.29, 1.82) is 0 Å². The highest BCUT2D eigenvalue weighted by Crippen LogP contribution is 2.32. The van der Waals surface area contributed by atoms with Gasteiger partial charge in [0.1, 0.15) is 16.9 Å². The van der Waals surface area contributed by atoms with Gasteiger partial charge in [0.05, 0.1) is 5.02 Å². The van der Waals surface area contributed by atoms with Crippen molar-refractivity contribution in [2.24, 2.45) is 0 Å². The standard InChI is InChI=1S/C10H12Cl2N2O/c11-7-5-8(12)10(14-9(7)13)15-6-3-1-2-4-6/h5-6H,1-4H2,(H2,13,14). The summed E-state index contributed by atoms with van der Waals surface area (Å²) in [6, 6.07) is 1.57. The number of nitrogens with zero attached hydrogens (tertiary/aromatic N) is 1. The number of nitrogen functional groups attached to an aromatic ring is 1. The van der Waals surface area contributed by atoms with Crippen molar-refractivity contribution in [3.63, 3.8) is 0 Å². The third-order valence-corrected chi connectivity index (χ3v) is 3.08. The summed E-state index contributed by atoms with van der Waals surface area (Å²) in [5.41, 5.74) is 5.58. The van der Waals surface area contributed by atoms with Crippen LogP contribution in [0.2, 0.25) is 10.0 Å². The number of hydrogen-bond acceptors (Lipinski definition) is 3. The summed E-state index contributed by atoms with van der Waals surface area (Å²) in [5.74, 6) is 0.652. The molecule has 1 saturated carbocycles. The third-order valence-electron chi connectivity index (χ3n) is 2.50. The molecule has 5 heteroatoms. The van der Waals surface area contributed by atoms with Crippen LogP contribution in [-0.2, 0) is 0 Å². The molecule has 0 amide bonds. The molecule has 0 spiro atoms. The fraction of sp³-hybridized carbons (Fsp3) is 0.500. The number of aromatic nitrogens is 1. The van der Waals surface area contributed by atoms with Gasteiger partial charge in [-0.25, -0.2) is 0 Å². The van der Waals surface area contributed by atoms with Gasteiger partial charge in [-0.2, -0.15) is 4.98 Å². The Labute approximate surface area is 98.5 Å². The second-order valence-corrected chi connectivity index (χ2v) is 4.48. The zero-order chi connectivity index (χ0) is 10.8. The molecular weight excluding hydrogens is 235 g/mol. The smallest absolute Gasteiger partial charge is 0.234 e. The van der Waals surface area contributed by atoms with Crippen LogP contribution in [0.5, 0.6) is 5.88 Å². The minimum atomic E-state index is 0.218. The first kappa shape index (κ1) is 10.8. The number of nitrogens with two attached hydrogens (primary N) is 1. The summed E-state index contributed by atoms with van der Waals surface area (Å²) in [6.45, 7) is 0. The summed E-state index contributed by atoms with van der Waals surface area (Å²) in [7, 11) is 0. The normalized spacial score (nSPS) is 16.9. The highest BCUT2D eigenvalue weighted by Gasteiger charge is 2.19. The lowest BCUT2D eigenvalue weighted by molar-refractivity contribution is 0.202. The van der Waals surface area contributed by atoms with Crippen molar-refractivity contribution in [2.75, 3.05) is 5.73 Å². The van der Waals surface area contributed by atoms with Crippen molar-refractivity contribution in [3.8, 4) is 5.88 Å². The summed E-state index contributed by atoms with van der Waals surface area (Å²) in [4.78, 5) is 4.03. The molecule has 3 nitrogen and oxygen atoms in total. The molecule has 1 heterocycles. The number of hydrogen-bond donors (Lipinski definition) is 1. The molecule has 82 valence electrons. The maximum absolute atomic E-state index is 5.95. The van der Waals surface area contributed by atoms with Gasteiger partial charge in [-0.1, -0.05) is 23.2 Å². The second-order valence-electron chi connectivity index (χ2n) is 3.67. The van der Waals surface area contributed by atoms with Crippen LogP contribution >= 0.6 is 23.2 Å². The first-order valence-corrected chi connectivity index (χ1v) is 5.70. The van der Waals surface area contributed by atoms with E-state index in [4.69, 9.17) is 33.7 Å². The van der Waals surface area contributed by atoms with Crippen LogP contribution in [0.25, 0.3) is 0 Å². The Morgan fingerprint density at radius 1 is 1.27 bits per heavy atom. The van der Waals surface area contributed by atoms with Crippen LogP contribution in [0, 0.1) is 0 Å². The van der Waals surface area contributed by atoms with E-state index < -0.39 is 0 Å². The molecule has 0 atom stereocenters. The van der Waals surface area contributed by atoms with E-state index in [0.717, 1.165) is 12.8 Å².